The molecule has 1 nitrogen and oxygen atoms in total. The summed E-state index contributed by atoms with van der Waals surface area (Å²) in [5, 5.41) is 1.69. The summed E-state index contributed by atoms with van der Waals surface area (Å²) in [6.07, 6.45) is 0. The molecule has 0 saturated heterocycles. The Morgan fingerprint density at radius 2 is 1.54 bits per heavy atom. The fourth-order valence-corrected chi connectivity index (χ4v) is 2.99. The lowest BCUT2D eigenvalue weighted by Gasteiger charge is -2.11. The Balaban J connectivity index is 1.94. The van der Waals surface area contributed by atoms with E-state index in [-0.39, 0.29) is 5.82 Å². The molecular formula is C21H13ClFN. The van der Waals surface area contributed by atoms with Gasteiger partial charge in [-0.1, -0.05) is 60.1 Å². The molecule has 4 rings (SSSR count). The lowest BCUT2D eigenvalue weighted by atomic mass is 9.96. The molecule has 0 N–H and O–H groups in total. The molecule has 116 valence electrons. The Bertz CT molecular complexity index is 1030. The largest absolute Gasteiger partial charge is 0.248 e. The van der Waals surface area contributed by atoms with E-state index in [2.05, 4.69) is 4.98 Å². The van der Waals surface area contributed by atoms with Gasteiger partial charge in [0.2, 0.25) is 0 Å². The smallest absolute Gasteiger partial charge is 0.133 e. The minimum absolute atomic E-state index is 0.287. The van der Waals surface area contributed by atoms with Crippen molar-refractivity contribution in [3.8, 4) is 22.4 Å². The number of pyridine rings is 1. The molecule has 3 aromatic carbocycles. The van der Waals surface area contributed by atoms with Gasteiger partial charge in [-0.3, -0.25) is 0 Å². The number of halogens is 2. The number of hydrogen-bond acceptors (Lipinski definition) is 1. The van der Waals surface area contributed by atoms with E-state index >= 15 is 0 Å². The van der Waals surface area contributed by atoms with E-state index in [0.29, 0.717) is 16.3 Å². The zero-order chi connectivity index (χ0) is 16.5. The van der Waals surface area contributed by atoms with Crippen LogP contribution in [0.25, 0.3) is 33.3 Å². The van der Waals surface area contributed by atoms with E-state index in [0.717, 1.165) is 22.0 Å². The first-order valence-electron chi connectivity index (χ1n) is 7.63. The van der Waals surface area contributed by atoms with Crippen LogP contribution >= 0.6 is 11.6 Å². The number of nitrogens with zero attached hydrogens (tertiary/aromatic N) is 1. The maximum absolute atomic E-state index is 14.6. The van der Waals surface area contributed by atoms with E-state index in [4.69, 9.17) is 11.6 Å². The number of para-hydroxylation sites is 1. The predicted octanol–water partition coefficient (Wildman–Crippen LogP) is 6.36. The summed E-state index contributed by atoms with van der Waals surface area (Å²) >= 11 is 5.97. The molecule has 1 aromatic heterocycles. The molecule has 4 aromatic rings. The normalized spacial score (nSPS) is 10.9. The second-order valence-electron chi connectivity index (χ2n) is 5.56. The molecule has 0 spiro atoms. The van der Waals surface area contributed by atoms with Gasteiger partial charge in [0, 0.05) is 16.0 Å². The van der Waals surface area contributed by atoms with Crippen molar-refractivity contribution in [2.45, 2.75) is 0 Å². The molecule has 0 unspecified atom stereocenters. The summed E-state index contributed by atoms with van der Waals surface area (Å²) in [6, 6.07) is 24.1. The van der Waals surface area contributed by atoms with Crippen LogP contribution in [0, 0.1) is 5.82 Å². The van der Waals surface area contributed by atoms with E-state index in [1.165, 1.54) is 6.07 Å². The molecule has 24 heavy (non-hydrogen) atoms. The number of hydrogen-bond donors (Lipinski definition) is 0. The van der Waals surface area contributed by atoms with Gasteiger partial charge >= 0.3 is 0 Å². The molecular weight excluding hydrogens is 321 g/mol. The first-order valence-corrected chi connectivity index (χ1v) is 8.01. The fraction of sp³-hybridized carbons (Fsp3) is 0. The van der Waals surface area contributed by atoms with Crippen LogP contribution in [0.1, 0.15) is 0 Å². The zero-order valence-corrected chi connectivity index (χ0v) is 13.5. The van der Waals surface area contributed by atoms with Crippen LogP contribution < -0.4 is 0 Å². The average molecular weight is 334 g/mol. The number of aromatic nitrogens is 1. The van der Waals surface area contributed by atoms with Gasteiger partial charge in [-0.15, -0.1) is 0 Å². The van der Waals surface area contributed by atoms with Crippen LogP contribution in [0.3, 0.4) is 0 Å². The topological polar surface area (TPSA) is 12.9 Å². The van der Waals surface area contributed by atoms with Crippen molar-refractivity contribution >= 4 is 22.5 Å². The average Bonchev–Trinajstić information content (AvgIpc) is 2.62. The van der Waals surface area contributed by atoms with E-state index < -0.39 is 0 Å². The van der Waals surface area contributed by atoms with Gasteiger partial charge in [0.1, 0.15) is 5.82 Å². The highest BCUT2D eigenvalue weighted by molar-refractivity contribution is 6.30. The first kappa shape index (κ1) is 14.9. The number of rotatable bonds is 2. The quantitative estimate of drug-likeness (QED) is 0.416. The Morgan fingerprint density at radius 1 is 0.750 bits per heavy atom. The second kappa shape index (κ2) is 6.06. The Morgan fingerprint density at radius 3 is 2.38 bits per heavy atom. The minimum Gasteiger partial charge on any atom is -0.248 e. The maximum Gasteiger partial charge on any atom is 0.133 e. The van der Waals surface area contributed by atoms with Crippen LogP contribution in [0.4, 0.5) is 4.39 Å². The van der Waals surface area contributed by atoms with Crippen molar-refractivity contribution in [3.05, 3.63) is 89.7 Å². The highest BCUT2D eigenvalue weighted by Gasteiger charge is 2.14. The van der Waals surface area contributed by atoms with Crippen molar-refractivity contribution in [2.75, 3.05) is 0 Å². The fourth-order valence-electron chi connectivity index (χ4n) is 2.86. The molecule has 1 heterocycles. The first-order chi connectivity index (χ1) is 11.7. The third kappa shape index (κ3) is 2.66. The summed E-state index contributed by atoms with van der Waals surface area (Å²) in [5.41, 5.74) is 3.68. The second-order valence-corrected chi connectivity index (χ2v) is 5.99. The van der Waals surface area contributed by atoms with Gasteiger partial charge in [-0.25, -0.2) is 9.37 Å². The van der Waals surface area contributed by atoms with Gasteiger partial charge in [-0.05, 0) is 41.5 Å². The van der Waals surface area contributed by atoms with Crippen LogP contribution in [-0.4, -0.2) is 4.98 Å². The monoisotopic (exact) mass is 333 g/mol. The Hall–Kier alpha value is -2.71. The third-order valence-corrected chi connectivity index (χ3v) is 4.28. The number of fused-ring (bicyclic) bond motifs is 1. The standard InChI is InChI=1S/C21H13ClFN/c22-16-11-8-14(9-12-16)17-5-3-6-18(23)21(17)20-13-10-15-4-1-2-7-19(15)24-20/h1-13H. The third-order valence-electron chi connectivity index (χ3n) is 4.02. The summed E-state index contributed by atoms with van der Waals surface area (Å²) in [5.74, 6) is -0.287. The predicted molar refractivity (Wildman–Crippen MR) is 97.6 cm³/mol. The van der Waals surface area contributed by atoms with Crippen molar-refractivity contribution < 1.29 is 4.39 Å². The molecule has 0 radical (unpaired) electrons. The van der Waals surface area contributed by atoms with Crippen molar-refractivity contribution in [2.24, 2.45) is 0 Å². The molecule has 0 atom stereocenters. The highest BCUT2D eigenvalue weighted by atomic mass is 35.5. The van der Waals surface area contributed by atoms with Crippen LogP contribution in [0.5, 0.6) is 0 Å². The minimum atomic E-state index is -0.287. The van der Waals surface area contributed by atoms with Crippen molar-refractivity contribution in [1.29, 1.82) is 0 Å². The van der Waals surface area contributed by atoms with E-state index in [1.54, 1.807) is 18.2 Å². The number of benzene rings is 3. The Kier molecular flexibility index (Phi) is 3.75. The van der Waals surface area contributed by atoms with Gasteiger partial charge in [0.15, 0.2) is 0 Å². The molecule has 0 bridgehead atoms. The summed E-state index contributed by atoms with van der Waals surface area (Å²) < 4.78 is 14.6. The van der Waals surface area contributed by atoms with Crippen molar-refractivity contribution in [3.63, 3.8) is 0 Å². The van der Waals surface area contributed by atoms with Gasteiger partial charge in [-0.2, -0.15) is 0 Å². The SMILES string of the molecule is Fc1cccc(-c2ccc(Cl)cc2)c1-c1ccc2ccccc2n1. The highest BCUT2D eigenvalue weighted by Crippen LogP contribution is 2.34. The molecule has 0 aliphatic rings. The summed E-state index contributed by atoms with van der Waals surface area (Å²) in [6.45, 7) is 0. The zero-order valence-electron chi connectivity index (χ0n) is 12.7. The van der Waals surface area contributed by atoms with E-state index in [9.17, 15) is 4.39 Å². The van der Waals surface area contributed by atoms with Gasteiger partial charge < -0.3 is 0 Å². The molecule has 0 fully saturated rings. The molecule has 3 heteroatoms. The van der Waals surface area contributed by atoms with E-state index in [1.807, 2.05) is 54.6 Å². The maximum atomic E-state index is 14.6. The molecule has 0 aliphatic carbocycles. The van der Waals surface area contributed by atoms with Gasteiger partial charge in [0.25, 0.3) is 0 Å². The van der Waals surface area contributed by atoms with Crippen LogP contribution in [0.15, 0.2) is 78.9 Å². The lowest BCUT2D eigenvalue weighted by Crippen LogP contribution is -1.93. The van der Waals surface area contributed by atoms with Crippen molar-refractivity contribution in [1.82, 2.24) is 4.98 Å². The summed E-state index contributed by atoms with van der Waals surface area (Å²) in [4.78, 5) is 4.64. The van der Waals surface area contributed by atoms with Crippen LogP contribution in [0.2, 0.25) is 5.02 Å². The van der Waals surface area contributed by atoms with Gasteiger partial charge in [0.05, 0.1) is 11.2 Å². The summed E-state index contributed by atoms with van der Waals surface area (Å²) in [7, 11) is 0. The molecule has 0 amide bonds. The Labute approximate surface area is 144 Å². The molecule has 0 saturated carbocycles. The molecule has 0 aliphatic heterocycles. The van der Waals surface area contributed by atoms with Crippen LogP contribution in [-0.2, 0) is 0 Å². The lowest BCUT2D eigenvalue weighted by molar-refractivity contribution is 0.631.